The van der Waals surface area contributed by atoms with Crippen molar-refractivity contribution in [1.29, 1.82) is 0 Å². The van der Waals surface area contributed by atoms with Crippen LogP contribution in [0.4, 0.5) is 4.39 Å². The molecular formula is C22H19FO4S. The number of benzene rings is 3. The van der Waals surface area contributed by atoms with E-state index < -0.39 is 22.6 Å². The number of carboxylic acid groups (broad SMARTS) is 1. The molecule has 0 aliphatic heterocycles. The largest absolute Gasteiger partial charge is 0.481 e. The number of carbonyl (C=O) groups excluding carboxylic acids is 1. The lowest BCUT2D eigenvalue weighted by molar-refractivity contribution is -0.136. The molecule has 0 saturated heterocycles. The molecular weight excluding hydrogens is 379 g/mol. The average Bonchev–Trinajstić information content (AvgIpc) is 2.66. The van der Waals surface area contributed by atoms with Gasteiger partial charge in [0, 0.05) is 22.3 Å². The summed E-state index contributed by atoms with van der Waals surface area (Å²) in [5.74, 6) is -1.81. The average molecular weight is 398 g/mol. The van der Waals surface area contributed by atoms with Crippen LogP contribution in [-0.2, 0) is 28.4 Å². The summed E-state index contributed by atoms with van der Waals surface area (Å²) in [7, 11) is -1.17. The Bertz CT molecular complexity index is 1120. The number of hydrogen-bond acceptors (Lipinski definition) is 3. The van der Waals surface area contributed by atoms with Gasteiger partial charge in [-0.3, -0.25) is 13.8 Å². The highest BCUT2D eigenvalue weighted by Gasteiger charge is 2.17. The van der Waals surface area contributed by atoms with E-state index in [2.05, 4.69) is 0 Å². The maximum atomic E-state index is 13.8. The summed E-state index contributed by atoms with van der Waals surface area (Å²) in [4.78, 5) is 25.0. The molecule has 0 aliphatic carbocycles. The fourth-order valence-electron chi connectivity index (χ4n) is 3.29. The van der Waals surface area contributed by atoms with Crippen LogP contribution in [0.15, 0.2) is 53.4 Å². The van der Waals surface area contributed by atoms with Crippen molar-refractivity contribution in [3.8, 4) is 0 Å². The molecule has 3 rings (SSSR count). The van der Waals surface area contributed by atoms with Crippen molar-refractivity contribution in [1.82, 2.24) is 0 Å². The minimum absolute atomic E-state index is 0.235. The van der Waals surface area contributed by atoms with Crippen LogP contribution in [0, 0.1) is 5.82 Å². The molecule has 0 heterocycles. The van der Waals surface area contributed by atoms with Gasteiger partial charge in [0.25, 0.3) is 0 Å². The SMILES string of the molecule is CCc1cc(C(=O)c2cc(CC(=O)O)cc3ccc(F)cc23)ccc1S(C)=O. The van der Waals surface area contributed by atoms with E-state index in [9.17, 15) is 18.2 Å². The molecule has 0 bridgehead atoms. The van der Waals surface area contributed by atoms with Gasteiger partial charge >= 0.3 is 5.97 Å². The molecule has 0 amide bonds. The first-order chi connectivity index (χ1) is 13.3. The molecule has 4 nitrogen and oxygen atoms in total. The van der Waals surface area contributed by atoms with E-state index in [0.717, 1.165) is 5.56 Å². The molecule has 6 heteroatoms. The molecule has 3 aromatic rings. The lowest BCUT2D eigenvalue weighted by Crippen LogP contribution is -2.07. The van der Waals surface area contributed by atoms with Gasteiger partial charge in [0.05, 0.1) is 17.2 Å². The fraction of sp³-hybridized carbons (Fsp3) is 0.182. The predicted octanol–water partition coefficient (Wildman–Crippen LogP) is 4.14. The second-order valence-corrected chi connectivity index (χ2v) is 7.89. The topological polar surface area (TPSA) is 71.4 Å². The van der Waals surface area contributed by atoms with Crippen LogP contribution >= 0.6 is 0 Å². The van der Waals surface area contributed by atoms with E-state index in [1.807, 2.05) is 6.92 Å². The zero-order valence-corrected chi connectivity index (χ0v) is 16.3. The molecule has 0 radical (unpaired) electrons. The molecule has 144 valence electrons. The van der Waals surface area contributed by atoms with Crippen molar-refractivity contribution in [2.24, 2.45) is 0 Å². The molecule has 0 aliphatic rings. The number of carbonyl (C=O) groups is 2. The summed E-state index contributed by atoms with van der Waals surface area (Å²) >= 11 is 0. The van der Waals surface area contributed by atoms with Crippen LogP contribution in [0.25, 0.3) is 10.8 Å². The summed E-state index contributed by atoms with van der Waals surface area (Å²) < 4.78 is 25.7. The lowest BCUT2D eigenvalue weighted by Gasteiger charge is -2.11. The van der Waals surface area contributed by atoms with Crippen molar-refractivity contribution in [3.05, 3.63) is 76.6 Å². The molecule has 0 aromatic heterocycles. The smallest absolute Gasteiger partial charge is 0.307 e. The van der Waals surface area contributed by atoms with Gasteiger partial charge in [0.1, 0.15) is 5.82 Å². The highest BCUT2D eigenvalue weighted by atomic mass is 32.2. The first kappa shape index (κ1) is 19.9. The van der Waals surface area contributed by atoms with Crippen LogP contribution < -0.4 is 0 Å². The number of halogens is 1. The number of fused-ring (bicyclic) bond motifs is 1. The van der Waals surface area contributed by atoms with Gasteiger partial charge < -0.3 is 5.11 Å². The minimum Gasteiger partial charge on any atom is -0.481 e. The molecule has 3 aromatic carbocycles. The third kappa shape index (κ3) is 4.02. The Kier molecular flexibility index (Phi) is 5.70. The molecule has 28 heavy (non-hydrogen) atoms. The fourth-order valence-corrected chi connectivity index (χ4v) is 4.12. The van der Waals surface area contributed by atoms with Crippen LogP contribution in [-0.4, -0.2) is 27.3 Å². The third-order valence-corrected chi connectivity index (χ3v) is 5.61. The van der Waals surface area contributed by atoms with Crippen molar-refractivity contribution >= 4 is 33.3 Å². The van der Waals surface area contributed by atoms with E-state index in [1.54, 1.807) is 30.5 Å². The molecule has 0 saturated carbocycles. The van der Waals surface area contributed by atoms with Crippen LogP contribution in [0.3, 0.4) is 0 Å². The summed E-state index contributed by atoms with van der Waals surface area (Å²) in [6.07, 6.45) is 1.97. The van der Waals surface area contributed by atoms with E-state index in [0.29, 0.717) is 33.2 Å². The first-order valence-electron chi connectivity index (χ1n) is 8.75. The van der Waals surface area contributed by atoms with Gasteiger partial charge in [0.2, 0.25) is 0 Å². The Morgan fingerprint density at radius 3 is 2.46 bits per heavy atom. The standard InChI is InChI=1S/C22H19FO4S/c1-3-14-11-16(5-7-20(14)28(2)27)22(26)19-9-13(10-21(24)25)8-15-4-6-17(23)12-18(15)19/h4-9,11-12H,3,10H2,1-2H3,(H,24,25). The number of carboxylic acids is 1. The molecule has 1 unspecified atom stereocenters. The second kappa shape index (κ2) is 8.02. The first-order valence-corrected chi connectivity index (χ1v) is 10.3. The van der Waals surface area contributed by atoms with E-state index >= 15 is 0 Å². The van der Waals surface area contributed by atoms with Crippen molar-refractivity contribution in [2.45, 2.75) is 24.7 Å². The second-order valence-electron chi connectivity index (χ2n) is 6.54. The Hall–Kier alpha value is -2.86. The van der Waals surface area contributed by atoms with Gasteiger partial charge in [0.15, 0.2) is 5.78 Å². The summed E-state index contributed by atoms with van der Waals surface area (Å²) in [5.41, 5.74) is 1.92. The van der Waals surface area contributed by atoms with Gasteiger partial charge in [-0.05, 0) is 64.7 Å². The maximum Gasteiger partial charge on any atom is 0.307 e. The highest BCUT2D eigenvalue weighted by molar-refractivity contribution is 7.84. The zero-order valence-electron chi connectivity index (χ0n) is 15.5. The monoisotopic (exact) mass is 398 g/mol. The van der Waals surface area contributed by atoms with Gasteiger partial charge in [-0.1, -0.05) is 19.1 Å². The van der Waals surface area contributed by atoms with Crippen LogP contribution in [0.1, 0.15) is 34.0 Å². The predicted molar refractivity (Wildman–Crippen MR) is 107 cm³/mol. The summed E-state index contributed by atoms with van der Waals surface area (Å²) in [6, 6.07) is 12.2. The summed E-state index contributed by atoms with van der Waals surface area (Å²) in [6.45, 7) is 1.91. The summed E-state index contributed by atoms with van der Waals surface area (Å²) in [5, 5.41) is 10.1. The Labute approximate surface area is 164 Å². The molecule has 0 spiro atoms. The Morgan fingerprint density at radius 1 is 1.07 bits per heavy atom. The zero-order chi connectivity index (χ0) is 20.4. The minimum atomic E-state index is -1.17. The normalized spacial score (nSPS) is 12.1. The van der Waals surface area contributed by atoms with Gasteiger partial charge in [-0.2, -0.15) is 0 Å². The van der Waals surface area contributed by atoms with Gasteiger partial charge in [-0.25, -0.2) is 4.39 Å². The van der Waals surface area contributed by atoms with E-state index in [-0.39, 0.29) is 17.8 Å². The Balaban J connectivity index is 2.18. The van der Waals surface area contributed by atoms with E-state index in [4.69, 9.17) is 5.11 Å². The van der Waals surface area contributed by atoms with Crippen LogP contribution in [0.5, 0.6) is 0 Å². The van der Waals surface area contributed by atoms with Crippen molar-refractivity contribution in [3.63, 3.8) is 0 Å². The number of hydrogen-bond donors (Lipinski definition) is 1. The number of rotatable bonds is 6. The maximum absolute atomic E-state index is 13.8. The number of ketones is 1. The van der Waals surface area contributed by atoms with E-state index in [1.165, 1.54) is 24.3 Å². The van der Waals surface area contributed by atoms with Gasteiger partial charge in [-0.15, -0.1) is 0 Å². The molecule has 1 atom stereocenters. The van der Waals surface area contributed by atoms with Crippen LogP contribution in [0.2, 0.25) is 0 Å². The lowest BCUT2D eigenvalue weighted by atomic mass is 9.93. The molecule has 0 fully saturated rings. The Morgan fingerprint density at radius 2 is 1.82 bits per heavy atom. The van der Waals surface area contributed by atoms with Crippen molar-refractivity contribution < 1.29 is 23.3 Å². The quantitative estimate of drug-likeness (QED) is 0.634. The molecule has 1 N–H and O–H groups in total. The third-order valence-electron chi connectivity index (χ3n) is 4.59. The highest BCUT2D eigenvalue weighted by Crippen LogP contribution is 2.26. The number of aliphatic carboxylic acids is 1. The van der Waals surface area contributed by atoms with Crippen molar-refractivity contribution in [2.75, 3.05) is 6.26 Å². The number of aryl methyl sites for hydroxylation is 1.